The zero-order chi connectivity index (χ0) is 26.8. The first-order valence-electron chi connectivity index (χ1n) is 12.6. The van der Waals surface area contributed by atoms with E-state index in [2.05, 4.69) is 11.2 Å². The van der Waals surface area contributed by atoms with Crippen molar-refractivity contribution in [1.29, 1.82) is 0 Å². The highest BCUT2D eigenvalue weighted by Gasteiger charge is 2.46. The van der Waals surface area contributed by atoms with Crippen molar-refractivity contribution in [2.24, 2.45) is 11.0 Å². The van der Waals surface area contributed by atoms with Gasteiger partial charge in [-0.05, 0) is 50.0 Å². The van der Waals surface area contributed by atoms with Crippen LogP contribution < -0.4 is 9.47 Å². The predicted octanol–water partition coefficient (Wildman–Crippen LogP) is 5.27. The summed E-state index contributed by atoms with van der Waals surface area (Å²) in [5.74, 6) is 0.646. The van der Waals surface area contributed by atoms with Gasteiger partial charge in [-0.1, -0.05) is 36.4 Å². The molecule has 0 spiro atoms. The number of benzene rings is 2. The topological polar surface area (TPSA) is 112 Å². The number of aryl methyl sites for hydroxylation is 1. The Balaban J connectivity index is 1.65. The molecule has 0 N–H and O–H groups in total. The molecule has 0 saturated heterocycles. The Morgan fingerprint density at radius 2 is 1.84 bits per heavy atom. The second-order valence-electron chi connectivity index (χ2n) is 9.21. The summed E-state index contributed by atoms with van der Waals surface area (Å²) in [6.45, 7) is 2.20. The minimum Gasteiger partial charge on any atom is -0.496 e. The summed E-state index contributed by atoms with van der Waals surface area (Å²) >= 11 is 0. The van der Waals surface area contributed by atoms with Crippen LogP contribution in [0.4, 0.5) is 5.69 Å². The number of hydrogen-bond acceptors (Lipinski definition) is 7. The highest BCUT2D eigenvalue weighted by Crippen LogP contribution is 2.47. The number of allylic oxidation sites excluding steroid dienone is 1. The number of amides is 1. The fourth-order valence-electron chi connectivity index (χ4n) is 5.33. The Kier molecular flexibility index (Phi) is 6.95. The van der Waals surface area contributed by atoms with Gasteiger partial charge in [0, 0.05) is 23.6 Å². The van der Waals surface area contributed by atoms with Gasteiger partial charge in [-0.2, -0.15) is 10.2 Å². The van der Waals surface area contributed by atoms with Crippen molar-refractivity contribution in [2.45, 2.75) is 38.8 Å². The van der Waals surface area contributed by atoms with E-state index in [1.807, 2.05) is 55.5 Å². The molecule has 196 valence electrons. The summed E-state index contributed by atoms with van der Waals surface area (Å²) in [6.07, 6.45) is 5.85. The maximum Gasteiger partial charge on any atom is 0.320 e. The Morgan fingerprint density at radius 3 is 2.55 bits per heavy atom. The molecule has 1 aliphatic heterocycles. The van der Waals surface area contributed by atoms with E-state index < -0.39 is 16.9 Å². The fourth-order valence-corrected chi connectivity index (χ4v) is 5.33. The number of hydrazone groups is 1. The molecule has 0 unspecified atom stereocenters. The van der Waals surface area contributed by atoms with E-state index in [0.717, 1.165) is 47.4 Å². The molecule has 10 nitrogen and oxygen atoms in total. The third-order valence-electron chi connectivity index (χ3n) is 7.10. The van der Waals surface area contributed by atoms with Gasteiger partial charge in [0.25, 0.3) is 0 Å². The molecule has 3 aromatic rings. The molecule has 2 heterocycles. The van der Waals surface area contributed by atoms with Crippen LogP contribution in [0.15, 0.2) is 65.4 Å². The van der Waals surface area contributed by atoms with Crippen LogP contribution in [-0.2, 0) is 6.54 Å². The van der Waals surface area contributed by atoms with Crippen molar-refractivity contribution in [3.8, 4) is 11.5 Å². The molecule has 1 aliphatic carbocycles. The first-order chi connectivity index (χ1) is 18.5. The highest BCUT2D eigenvalue weighted by molar-refractivity contribution is 6.09. The average molecular weight is 516 g/mol. The van der Waals surface area contributed by atoms with E-state index in [0.29, 0.717) is 12.3 Å². The Hall–Kier alpha value is -4.47. The van der Waals surface area contributed by atoms with Crippen molar-refractivity contribution in [2.75, 3.05) is 14.2 Å². The molecule has 0 radical (unpaired) electrons. The molecule has 1 fully saturated rings. The molecule has 1 saturated carbocycles. The lowest BCUT2D eigenvalue weighted by Crippen LogP contribution is -2.32. The normalized spacial score (nSPS) is 19.7. The summed E-state index contributed by atoms with van der Waals surface area (Å²) in [5.41, 5.74) is 2.96. The zero-order valence-corrected chi connectivity index (χ0v) is 21.5. The van der Waals surface area contributed by atoms with Crippen molar-refractivity contribution >= 4 is 23.4 Å². The number of carbonyl (C=O) groups is 1. The number of fused-ring (bicyclic) bond motifs is 1. The molecule has 38 heavy (non-hydrogen) atoms. The maximum absolute atomic E-state index is 14.0. The van der Waals surface area contributed by atoms with Gasteiger partial charge in [-0.25, -0.2) is 5.01 Å². The first-order valence-corrected chi connectivity index (χ1v) is 12.6. The summed E-state index contributed by atoms with van der Waals surface area (Å²) in [4.78, 5) is 25.2. The Labute approximate surface area is 220 Å². The SMILES string of the molecule is CCn1cc([N+](=O)[O-])c(C(=O)N2N=C3/C(=C/c4ccccc4OC)CCC[C@H]3[C@H]2c2ccccc2OC)n1. The van der Waals surface area contributed by atoms with Gasteiger partial charge in [-0.15, -0.1) is 0 Å². The van der Waals surface area contributed by atoms with Gasteiger partial charge in [-0.3, -0.25) is 19.6 Å². The first kappa shape index (κ1) is 25.2. The number of carbonyl (C=O) groups excluding carboxylic acids is 1. The molecule has 10 heteroatoms. The van der Waals surface area contributed by atoms with Gasteiger partial charge >= 0.3 is 11.6 Å². The molecule has 2 atom stereocenters. The van der Waals surface area contributed by atoms with Crippen molar-refractivity contribution < 1.29 is 19.2 Å². The van der Waals surface area contributed by atoms with E-state index in [1.165, 1.54) is 15.9 Å². The van der Waals surface area contributed by atoms with E-state index in [4.69, 9.17) is 14.6 Å². The predicted molar refractivity (Wildman–Crippen MR) is 142 cm³/mol. The van der Waals surface area contributed by atoms with Crippen LogP contribution >= 0.6 is 0 Å². The fraction of sp³-hybridized carbons (Fsp3) is 0.321. The highest BCUT2D eigenvalue weighted by atomic mass is 16.6. The lowest BCUT2D eigenvalue weighted by Gasteiger charge is -2.30. The summed E-state index contributed by atoms with van der Waals surface area (Å²) in [7, 11) is 3.22. The van der Waals surface area contributed by atoms with Crippen LogP contribution in [0.3, 0.4) is 0 Å². The van der Waals surface area contributed by atoms with Gasteiger partial charge in [0.1, 0.15) is 17.7 Å². The molecule has 1 amide bonds. The minimum atomic E-state index is -0.613. The van der Waals surface area contributed by atoms with E-state index in [-0.39, 0.29) is 17.3 Å². The lowest BCUT2D eigenvalue weighted by molar-refractivity contribution is -0.385. The lowest BCUT2D eigenvalue weighted by atomic mass is 9.77. The zero-order valence-electron chi connectivity index (χ0n) is 21.5. The molecular formula is C28H29N5O5. The number of methoxy groups -OCH3 is 2. The largest absolute Gasteiger partial charge is 0.496 e. The number of aromatic nitrogens is 2. The van der Waals surface area contributed by atoms with Crippen molar-refractivity contribution in [1.82, 2.24) is 14.8 Å². The molecule has 1 aromatic heterocycles. The van der Waals surface area contributed by atoms with Crippen LogP contribution in [0, 0.1) is 16.0 Å². The summed E-state index contributed by atoms with van der Waals surface area (Å²) in [6, 6.07) is 14.8. The van der Waals surface area contributed by atoms with Crippen molar-refractivity contribution in [3.05, 3.63) is 87.2 Å². The molecule has 2 aromatic carbocycles. The second kappa shape index (κ2) is 10.5. The quantitative estimate of drug-likeness (QED) is 0.313. The molecule has 0 bridgehead atoms. The number of para-hydroxylation sites is 2. The molecular weight excluding hydrogens is 486 g/mol. The number of nitrogens with zero attached hydrogens (tertiary/aromatic N) is 5. The number of nitro groups is 1. The summed E-state index contributed by atoms with van der Waals surface area (Å²) in [5, 5.41) is 22.3. The molecule has 5 rings (SSSR count). The van der Waals surface area contributed by atoms with Gasteiger partial charge < -0.3 is 9.47 Å². The monoisotopic (exact) mass is 515 g/mol. The number of ether oxygens (including phenoxy) is 2. The average Bonchev–Trinajstić information content (AvgIpc) is 3.56. The third-order valence-corrected chi connectivity index (χ3v) is 7.10. The van der Waals surface area contributed by atoms with Crippen LogP contribution in [0.5, 0.6) is 11.5 Å². The summed E-state index contributed by atoms with van der Waals surface area (Å²) < 4.78 is 12.6. The maximum atomic E-state index is 14.0. The van der Waals surface area contributed by atoms with E-state index >= 15 is 0 Å². The van der Waals surface area contributed by atoms with Crippen LogP contribution in [0.1, 0.15) is 53.8 Å². The van der Waals surface area contributed by atoms with Crippen molar-refractivity contribution in [3.63, 3.8) is 0 Å². The third kappa shape index (κ3) is 4.42. The van der Waals surface area contributed by atoms with Crippen LogP contribution in [0.25, 0.3) is 6.08 Å². The number of hydrogen-bond donors (Lipinski definition) is 0. The van der Waals surface area contributed by atoms with Gasteiger partial charge in [0.2, 0.25) is 5.69 Å². The Bertz CT molecular complexity index is 1440. The van der Waals surface area contributed by atoms with E-state index in [1.54, 1.807) is 14.2 Å². The molecule has 2 aliphatic rings. The number of rotatable bonds is 7. The smallest absolute Gasteiger partial charge is 0.320 e. The van der Waals surface area contributed by atoms with Gasteiger partial charge in [0.05, 0.1) is 30.9 Å². The minimum absolute atomic E-state index is 0.114. The van der Waals surface area contributed by atoms with E-state index in [9.17, 15) is 14.9 Å². The van der Waals surface area contributed by atoms with Gasteiger partial charge in [0.15, 0.2) is 0 Å². The second-order valence-corrected chi connectivity index (χ2v) is 9.21. The van der Waals surface area contributed by atoms with Crippen LogP contribution in [-0.4, -0.2) is 45.6 Å². The Morgan fingerprint density at radius 1 is 1.13 bits per heavy atom. The standard InChI is InChI=1S/C28H29N5O5/c1-4-31-17-22(33(35)36)26(29-31)28(34)32-27(20-12-6-8-15-24(20)38-3)21-13-9-11-19(25(21)30-32)16-18-10-5-7-14-23(18)37-2/h5-8,10,12,14-17,21,27H,4,9,11,13H2,1-3H3/b19-16+/t21-,27-/m1/s1. The van der Waals surface area contributed by atoms with Crippen LogP contribution in [0.2, 0.25) is 0 Å².